The minimum Gasteiger partial charge on any atom is -0.490 e. The molecule has 4 rings (SSSR count). The Balaban J connectivity index is 1.92. The number of esters is 1. The molecule has 0 saturated carbocycles. The predicted molar refractivity (Wildman–Crippen MR) is 141 cm³/mol. The topological polar surface area (TPSA) is 69.9 Å². The highest BCUT2D eigenvalue weighted by Gasteiger charge is 2.33. The van der Waals surface area contributed by atoms with Crippen LogP contribution >= 0.6 is 23.1 Å². The first-order valence-corrected chi connectivity index (χ1v) is 13.5. The Kier molecular flexibility index (Phi) is 7.62. The fourth-order valence-electron chi connectivity index (χ4n) is 4.00. The lowest BCUT2D eigenvalue weighted by molar-refractivity contribution is -0.139. The zero-order chi connectivity index (χ0) is 25.1. The predicted octanol–water partition coefficient (Wildman–Crippen LogP) is 4.31. The van der Waals surface area contributed by atoms with E-state index in [0.717, 1.165) is 16.0 Å². The Morgan fingerprint density at radius 1 is 1.20 bits per heavy atom. The van der Waals surface area contributed by atoms with Crippen LogP contribution in [0.5, 0.6) is 5.75 Å². The molecule has 8 heteroatoms. The molecule has 0 amide bonds. The minimum atomic E-state index is -0.620. The monoisotopic (exact) mass is 508 g/mol. The molecule has 0 radical (unpaired) electrons. The molecule has 1 aliphatic heterocycles. The van der Waals surface area contributed by atoms with Gasteiger partial charge in [0.1, 0.15) is 5.75 Å². The van der Waals surface area contributed by atoms with E-state index in [4.69, 9.17) is 9.47 Å². The minimum absolute atomic E-state index is 0.00445. The van der Waals surface area contributed by atoms with Gasteiger partial charge in [-0.2, -0.15) is 0 Å². The van der Waals surface area contributed by atoms with Crippen LogP contribution < -0.4 is 19.6 Å². The number of aromatic nitrogens is 1. The van der Waals surface area contributed by atoms with Crippen molar-refractivity contribution >= 4 is 35.1 Å². The fourth-order valence-corrected chi connectivity index (χ4v) is 5.44. The Bertz CT molecular complexity index is 1450. The van der Waals surface area contributed by atoms with Gasteiger partial charge < -0.3 is 9.47 Å². The van der Waals surface area contributed by atoms with E-state index in [1.807, 2.05) is 74.7 Å². The second kappa shape index (κ2) is 10.7. The summed E-state index contributed by atoms with van der Waals surface area (Å²) in [5, 5.41) is 0. The van der Waals surface area contributed by atoms with Crippen LogP contribution in [0.2, 0.25) is 0 Å². The lowest BCUT2D eigenvalue weighted by Gasteiger charge is -2.24. The number of carbonyl (C=O) groups is 1. The maximum Gasteiger partial charge on any atom is 0.338 e. The van der Waals surface area contributed by atoms with E-state index in [-0.39, 0.29) is 18.3 Å². The van der Waals surface area contributed by atoms with E-state index in [0.29, 0.717) is 26.4 Å². The number of para-hydroxylation sites is 1. The number of rotatable bonds is 7. The number of thioether (sulfide) groups is 1. The van der Waals surface area contributed by atoms with Crippen LogP contribution in [0, 0.1) is 0 Å². The highest BCUT2D eigenvalue weighted by molar-refractivity contribution is 7.98. The van der Waals surface area contributed by atoms with Crippen LogP contribution in [0.25, 0.3) is 6.08 Å². The third kappa shape index (κ3) is 5.13. The average molecular weight is 509 g/mol. The van der Waals surface area contributed by atoms with Crippen LogP contribution in [0.4, 0.5) is 0 Å². The van der Waals surface area contributed by atoms with Gasteiger partial charge in [-0.1, -0.05) is 41.7 Å². The largest absolute Gasteiger partial charge is 0.490 e. The van der Waals surface area contributed by atoms with Gasteiger partial charge >= 0.3 is 5.97 Å². The van der Waals surface area contributed by atoms with Crippen molar-refractivity contribution in [3.63, 3.8) is 0 Å². The summed E-state index contributed by atoms with van der Waals surface area (Å²) in [6, 6.07) is 14.9. The van der Waals surface area contributed by atoms with Crippen molar-refractivity contribution in [3.8, 4) is 5.75 Å². The molecule has 0 fully saturated rings. The first-order valence-electron chi connectivity index (χ1n) is 11.4. The van der Waals surface area contributed by atoms with E-state index in [1.165, 1.54) is 11.3 Å². The maximum absolute atomic E-state index is 13.8. The standard InChI is InChI=1S/C27H28N2O4S2/c1-6-32-26(31)23-17(4)28-27-29(24(23)18-11-13-20(34-5)14-12-18)25(30)22(35-27)15-19-9-7-8-10-21(19)33-16(2)3/h7-16,24H,6H2,1-5H3/b22-15-/t24-/m0/s1. The molecule has 0 unspecified atom stereocenters. The number of allylic oxidation sites excluding steroid dienone is 1. The number of hydrogen-bond acceptors (Lipinski definition) is 7. The molecule has 2 heterocycles. The van der Waals surface area contributed by atoms with Crippen molar-refractivity contribution in [2.75, 3.05) is 12.9 Å². The number of nitrogens with zero attached hydrogens (tertiary/aromatic N) is 2. The Morgan fingerprint density at radius 2 is 1.91 bits per heavy atom. The lowest BCUT2D eigenvalue weighted by atomic mass is 9.96. The summed E-state index contributed by atoms with van der Waals surface area (Å²) in [5.74, 6) is 0.249. The van der Waals surface area contributed by atoms with Crippen molar-refractivity contribution in [1.82, 2.24) is 4.57 Å². The molecular formula is C27H28N2O4S2. The van der Waals surface area contributed by atoms with Gasteiger partial charge in [0, 0.05) is 10.5 Å². The molecular weight excluding hydrogens is 480 g/mol. The molecule has 0 aliphatic carbocycles. The maximum atomic E-state index is 13.8. The van der Waals surface area contributed by atoms with Crippen LogP contribution in [-0.4, -0.2) is 29.5 Å². The van der Waals surface area contributed by atoms with Crippen molar-refractivity contribution in [2.24, 2.45) is 4.99 Å². The smallest absolute Gasteiger partial charge is 0.338 e. The van der Waals surface area contributed by atoms with E-state index < -0.39 is 12.0 Å². The van der Waals surface area contributed by atoms with Gasteiger partial charge in [0.15, 0.2) is 4.80 Å². The third-order valence-corrected chi connectivity index (χ3v) is 7.24. The molecule has 0 N–H and O–H groups in total. The molecule has 182 valence electrons. The second-order valence-corrected chi connectivity index (χ2v) is 10.2. The molecule has 2 aromatic carbocycles. The molecule has 6 nitrogen and oxygen atoms in total. The SMILES string of the molecule is CCOC(=O)C1=C(C)N=c2s/c(=C\c3ccccc3OC(C)C)c(=O)n2[C@H]1c1ccc(SC)cc1. The van der Waals surface area contributed by atoms with Gasteiger partial charge in [0.05, 0.1) is 34.6 Å². The summed E-state index contributed by atoms with van der Waals surface area (Å²) in [7, 11) is 0. The van der Waals surface area contributed by atoms with Crippen LogP contribution in [-0.2, 0) is 9.53 Å². The van der Waals surface area contributed by atoms with Crippen LogP contribution in [0.3, 0.4) is 0 Å². The van der Waals surface area contributed by atoms with Gasteiger partial charge in [-0.25, -0.2) is 9.79 Å². The third-order valence-electron chi connectivity index (χ3n) is 5.52. The summed E-state index contributed by atoms with van der Waals surface area (Å²) in [6.45, 7) is 7.73. The molecule has 3 aromatic rings. The van der Waals surface area contributed by atoms with Gasteiger partial charge in [0.25, 0.3) is 5.56 Å². The second-order valence-electron chi connectivity index (χ2n) is 8.28. The Labute approximate surface area is 212 Å². The molecule has 1 atom stereocenters. The van der Waals surface area contributed by atoms with Crippen molar-refractivity contribution in [1.29, 1.82) is 0 Å². The van der Waals surface area contributed by atoms with E-state index in [9.17, 15) is 9.59 Å². The Morgan fingerprint density at radius 3 is 2.57 bits per heavy atom. The van der Waals surface area contributed by atoms with E-state index >= 15 is 0 Å². The lowest BCUT2D eigenvalue weighted by Crippen LogP contribution is -2.39. The number of thiazole rings is 1. The number of carbonyl (C=O) groups excluding carboxylic acids is 1. The van der Waals surface area contributed by atoms with Crippen molar-refractivity contribution < 1.29 is 14.3 Å². The molecule has 1 aromatic heterocycles. The highest BCUT2D eigenvalue weighted by atomic mass is 32.2. The van der Waals surface area contributed by atoms with E-state index in [2.05, 4.69) is 4.99 Å². The van der Waals surface area contributed by atoms with Crippen LogP contribution in [0.15, 0.2) is 74.5 Å². The van der Waals surface area contributed by atoms with Gasteiger partial charge in [-0.3, -0.25) is 9.36 Å². The zero-order valence-corrected chi connectivity index (χ0v) is 22.0. The average Bonchev–Trinajstić information content (AvgIpc) is 3.13. The van der Waals surface area contributed by atoms with Gasteiger partial charge in [-0.05, 0) is 63.8 Å². The first kappa shape index (κ1) is 25.0. The molecule has 0 bridgehead atoms. The number of benzene rings is 2. The summed E-state index contributed by atoms with van der Waals surface area (Å²) < 4.78 is 13.4. The fraction of sp³-hybridized carbons (Fsp3) is 0.296. The summed E-state index contributed by atoms with van der Waals surface area (Å²) >= 11 is 2.94. The summed E-state index contributed by atoms with van der Waals surface area (Å²) in [4.78, 5) is 33.0. The van der Waals surface area contributed by atoms with Gasteiger partial charge in [-0.15, -0.1) is 11.8 Å². The summed E-state index contributed by atoms with van der Waals surface area (Å²) in [6.07, 6.45) is 3.84. The van der Waals surface area contributed by atoms with Crippen LogP contribution in [0.1, 0.15) is 44.9 Å². The van der Waals surface area contributed by atoms with E-state index in [1.54, 1.807) is 30.2 Å². The first-order chi connectivity index (χ1) is 16.8. The highest BCUT2D eigenvalue weighted by Crippen LogP contribution is 2.31. The van der Waals surface area contributed by atoms with Crippen molar-refractivity contribution in [2.45, 2.75) is 44.7 Å². The van der Waals surface area contributed by atoms with Crippen molar-refractivity contribution in [3.05, 3.63) is 90.6 Å². The number of hydrogen-bond donors (Lipinski definition) is 0. The van der Waals surface area contributed by atoms with Gasteiger partial charge in [0.2, 0.25) is 0 Å². The summed E-state index contributed by atoms with van der Waals surface area (Å²) in [5.41, 5.74) is 2.37. The zero-order valence-electron chi connectivity index (χ0n) is 20.4. The quantitative estimate of drug-likeness (QED) is 0.351. The molecule has 1 aliphatic rings. The molecule has 35 heavy (non-hydrogen) atoms. The number of ether oxygens (including phenoxy) is 2. The number of fused-ring (bicyclic) bond motifs is 1. The Hall–Kier alpha value is -3.10. The normalized spacial score (nSPS) is 15.7. The molecule has 0 saturated heterocycles. The molecule has 0 spiro atoms.